The third kappa shape index (κ3) is 5.77. The third-order valence-electron chi connectivity index (χ3n) is 7.71. The van der Waals surface area contributed by atoms with E-state index in [1.54, 1.807) is 30.3 Å². The zero-order valence-electron chi connectivity index (χ0n) is 22.8. The summed E-state index contributed by atoms with van der Waals surface area (Å²) in [6.07, 6.45) is -6.64. The van der Waals surface area contributed by atoms with E-state index >= 15 is 0 Å². The topological polar surface area (TPSA) is 228 Å². The number of hydrogen-bond donors (Lipinski definition) is 5. The summed E-state index contributed by atoms with van der Waals surface area (Å²) >= 11 is 10.5. The standard InChI is InChI=1S/C24H26N6O11P2S2/c25-20-15-21(27-9-26-20)30(10-28-15)23-17(32)18-14(39-23)8-37-43(35,45)41-19-16(31)13(7-36-42(34,44)40-18)38-24(19)29-6-5-11-3-1-2-4-12(11)22(29)33/h1-6,9-10,13-14,16-19,23-24,31-32H,7-8H2,(H,34,44)(H,35,45)(H2,25,26,27)/t13-,14-,16-,17-,18-,19-,23-,24-,42?,43?/m1/s1. The minimum atomic E-state index is -4.20. The molecule has 21 heteroatoms. The number of nitrogens with zero attached hydrogens (tertiary/aromatic N) is 5. The number of pyridine rings is 1. The number of ether oxygens (including phenoxy) is 2. The second kappa shape index (κ2) is 11.7. The highest BCUT2D eigenvalue weighted by molar-refractivity contribution is 8.07. The fourth-order valence-corrected chi connectivity index (χ4v) is 8.43. The van der Waals surface area contributed by atoms with Crippen LogP contribution in [0.4, 0.5) is 5.82 Å². The number of aliphatic hydroxyl groups excluding tert-OH is 2. The van der Waals surface area contributed by atoms with Crippen LogP contribution in [0, 0.1) is 0 Å². The summed E-state index contributed by atoms with van der Waals surface area (Å²) in [5, 5.41) is 23.5. The number of hydrogen-bond acceptors (Lipinski definition) is 15. The molecule has 3 aliphatic heterocycles. The van der Waals surface area contributed by atoms with Crippen molar-refractivity contribution >= 4 is 64.8 Å². The Morgan fingerprint density at radius 1 is 0.867 bits per heavy atom. The molecule has 17 nitrogen and oxygen atoms in total. The van der Waals surface area contributed by atoms with Gasteiger partial charge < -0.3 is 44.3 Å². The Hall–Kier alpha value is -2.32. The van der Waals surface area contributed by atoms with Crippen molar-refractivity contribution in [2.45, 2.75) is 49.1 Å². The van der Waals surface area contributed by atoms with Crippen LogP contribution in [0.15, 0.2) is 54.0 Å². The predicted octanol–water partition coefficient (Wildman–Crippen LogP) is 0.191. The number of benzene rings is 1. The van der Waals surface area contributed by atoms with Crippen molar-refractivity contribution in [3.05, 3.63) is 59.5 Å². The summed E-state index contributed by atoms with van der Waals surface area (Å²) in [6, 6.07) is 8.57. The van der Waals surface area contributed by atoms with Gasteiger partial charge in [0.15, 0.2) is 23.9 Å². The quantitative estimate of drug-likeness (QED) is 0.176. The fourth-order valence-electron chi connectivity index (χ4n) is 5.57. The molecule has 10 atom stereocenters. The molecule has 3 aliphatic rings. The van der Waals surface area contributed by atoms with Crippen molar-refractivity contribution in [3.63, 3.8) is 0 Å². The smallest absolute Gasteiger partial charge is 0.325 e. The maximum atomic E-state index is 13.4. The van der Waals surface area contributed by atoms with Gasteiger partial charge in [0.2, 0.25) is 0 Å². The highest BCUT2D eigenvalue weighted by Gasteiger charge is 2.52. The number of nitrogens with two attached hydrogens (primary N) is 1. The van der Waals surface area contributed by atoms with E-state index in [1.807, 2.05) is 0 Å². The van der Waals surface area contributed by atoms with Crippen LogP contribution in [0.1, 0.15) is 12.5 Å². The zero-order chi connectivity index (χ0) is 31.7. The number of aliphatic hydroxyl groups is 2. The summed E-state index contributed by atoms with van der Waals surface area (Å²) in [5.74, 6) is 0.106. The number of rotatable bonds is 2. The molecular weight excluding hydrogens is 674 g/mol. The van der Waals surface area contributed by atoms with E-state index < -0.39 is 81.3 Å². The Morgan fingerprint density at radius 3 is 2.33 bits per heavy atom. The summed E-state index contributed by atoms with van der Waals surface area (Å²) in [6.45, 7) is -9.38. The van der Waals surface area contributed by atoms with Gasteiger partial charge >= 0.3 is 13.4 Å². The normalized spacial score (nSPS) is 37.6. The van der Waals surface area contributed by atoms with Crippen molar-refractivity contribution in [3.8, 4) is 0 Å². The van der Waals surface area contributed by atoms with Crippen LogP contribution in [-0.2, 0) is 51.2 Å². The second-order valence-electron chi connectivity index (χ2n) is 10.5. The van der Waals surface area contributed by atoms with Crippen molar-refractivity contribution < 1.29 is 47.6 Å². The predicted molar refractivity (Wildman–Crippen MR) is 162 cm³/mol. The molecule has 0 radical (unpaired) electrons. The van der Waals surface area contributed by atoms with Gasteiger partial charge in [-0.3, -0.25) is 23.0 Å². The lowest BCUT2D eigenvalue weighted by Gasteiger charge is -2.28. The van der Waals surface area contributed by atoms with Crippen molar-refractivity contribution in [1.29, 1.82) is 0 Å². The molecule has 3 aromatic heterocycles. The van der Waals surface area contributed by atoms with Gasteiger partial charge in [0.05, 0.1) is 19.5 Å². The lowest BCUT2D eigenvalue weighted by atomic mass is 10.1. The van der Waals surface area contributed by atoms with E-state index in [0.29, 0.717) is 10.8 Å². The fraction of sp³-hybridized carbons (Fsp3) is 0.417. The number of nitrogen functional groups attached to an aromatic ring is 1. The number of fused-ring (bicyclic) bond motifs is 5. The monoisotopic (exact) mass is 700 g/mol. The number of imidazole rings is 1. The molecule has 2 unspecified atom stereocenters. The highest BCUT2D eigenvalue weighted by Crippen LogP contribution is 2.53. The lowest BCUT2D eigenvalue weighted by Crippen LogP contribution is -2.37. The van der Waals surface area contributed by atoms with Crippen LogP contribution in [0.3, 0.4) is 0 Å². The summed E-state index contributed by atoms with van der Waals surface area (Å²) in [7, 11) is 0. The molecule has 0 spiro atoms. The van der Waals surface area contributed by atoms with Crippen molar-refractivity contribution in [2.24, 2.45) is 0 Å². The van der Waals surface area contributed by atoms with Crippen LogP contribution in [0.2, 0.25) is 0 Å². The van der Waals surface area contributed by atoms with Gasteiger partial charge in [-0.15, -0.1) is 0 Å². The molecule has 240 valence electrons. The number of aromatic nitrogens is 5. The average molecular weight is 701 g/mol. The molecule has 0 amide bonds. The van der Waals surface area contributed by atoms with Gasteiger partial charge in [-0.2, -0.15) is 0 Å². The molecule has 1 aromatic carbocycles. The minimum Gasteiger partial charge on any atom is -0.387 e. The van der Waals surface area contributed by atoms with Gasteiger partial charge in [-0.05, 0) is 41.1 Å². The molecule has 0 saturated carbocycles. The van der Waals surface area contributed by atoms with Gasteiger partial charge in [0.1, 0.15) is 48.5 Å². The van der Waals surface area contributed by atoms with Crippen LogP contribution < -0.4 is 11.3 Å². The van der Waals surface area contributed by atoms with Gasteiger partial charge in [-0.25, -0.2) is 15.0 Å². The van der Waals surface area contributed by atoms with E-state index in [4.69, 9.17) is 56.9 Å². The molecule has 6 heterocycles. The Labute approximate surface area is 263 Å². The van der Waals surface area contributed by atoms with E-state index in [-0.39, 0.29) is 17.0 Å². The molecule has 7 rings (SSSR count). The first-order valence-corrected chi connectivity index (χ1v) is 18.6. The van der Waals surface area contributed by atoms with Crippen LogP contribution in [0.25, 0.3) is 21.9 Å². The maximum absolute atomic E-state index is 13.4. The van der Waals surface area contributed by atoms with E-state index in [9.17, 15) is 24.8 Å². The Morgan fingerprint density at radius 2 is 1.56 bits per heavy atom. The molecule has 3 fully saturated rings. The molecule has 6 N–H and O–H groups in total. The molecule has 0 aliphatic carbocycles. The molecule has 45 heavy (non-hydrogen) atoms. The van der Waals surface area contributed by atoms with Crippen LogP contribution in [-0.4, -0.2) is 93.9 Å². The maximum Gasteiger partial charge on any atom is 0.325 e. The van der Waals surface area contributed by atoms with Crippen LogP contribution in [0.5, 0.6) is 0 Å². The lowest BCUT2D eigenvalue weighted by molar-refractivity contribution is -0.0624. The second-order valence-corrected chi connectivity index (χ2v) is 16.1. The first-order chi connectivity index (χ1) is 21.4. The summed E-state index contributed by atoms with van der Waals surface area (Å²) in [5.41, 5.74) is 5.94. The van der Waals surface area contributed by atoms with E-state index in [0.717, 1.165) is 0 Å². The molecule has 2 bridgehead atoms. The van der Waals surface area contributed by atoms with E-state index in [1.165, 1.54) is 28.0 Å². The third-order valence-corrected chi connectivity index (χ3v) is 10.8. The largest absolute Gasteiger partial charge is 0.387 e. The molecule has 4 aromatic rings. The molecular formula is C24H26N6O11P2S2. The Kier molecular flexibility index (Phi) is 8.16. The van der Waals surface area contributed by atoms with Crippen molar-refractivity contribution in [2.75, 3.05) is 18.9 Å². The van der Waals surface area contributed by atoms with E-state index in [2.05, 4.69) is 15.0 Å². The summed E-state index contributed by atoms with van der Waals surface area (Å²) < 4.78 is 37.2. The van der Waals surface area contributed by atoms with Crippen LogP contribution >= 0.6 is 13.4 Å². The van der Waals surface area contributed by atoms with Gasteiger partial charge in [-0.1, -0.05) is 18.2 Å². The first-order valence-electron chi connectivity index (χ1n) is 13.4. The number of anilines is 1. The highest BCUT2D eigenvalue weighted by atomic mass is 32.5. The first kappa shape index (κ1) is 31.3. The molecule has 3 saturated heterocycles. The zero-order valence-corrected chi connectivity index (χ0v) is 26.2. The Balaban J connectivity index is 1.20. The van der Waals surface area contributed by atoms with Gasteiger partial charge in [0, 0.05) is 11.6 Å². The van der Waals surface area contributed by atoms with Gasteiger partial charge in [0.25, 0.3) is 5.56 Å². The summed E-state index contributed by atoms with van der Waals surface area (Å²) in [4.78, 5) is 47.8. The SMILES string of the molecule is Nc1ncnc2c1ncn2[C@@H]1O[C@@H]2COP(O)(=S)O[C@@H]3[C@H](O)[C@@H](COP(O)(=S)O[C@H]2[C@H]1O)O[C@H]3n1ccc2ccccc2c1=O. The average Bonchev–Trinajstić information content (AvgIpc) is 3.65. The van der Waals surface area contributed by atoms with Crippen molar-refractivity contribution in [1.82, 2.24) is 24.1 Å². The minimum absolute atomic E-state index is 0.106. The Bertz CT molecular complexity index is 1930.